The van der Waals surface area contributed by atoms with Crippen LogP contribution in [0.1, 0.15) is 55.3 Å². The molecular weight excluding hydrogens is 440 g/mol. The number of ether oxygens (including phenoxy) is 1. The number of aromatic nitrogens is 2. The maximum Gasteiger partial charge on any atom is 0.253 e. The average Bonchev–Trinajstić information content (AvgIpc) is 3.20. The predicted octanol–water partition coefficient (Wildman–Crippen LogP) is 3.66. The van der Waals surface area contributed by atoms with Crippen LogP contribution in [0.25, 0.3) is 0 Å². The van der Waals surface area contributed by atoms with E-state index in [0.29, 0.717) is 12.1 Å². The van der Waals surface area contributed by atoms with Gasteiger partial charge >= 0.3 is 0 Å². The van der Waals surface area contributed by atoms with Gasteiger partial charge in [-0.1, -0.05) is 12.8 Å². The number of piperidine rings is 1. The second-order valence-electron chi connectivity index (χ2n) is 10.0. The van der Waals surface area contributed by atoms with Crippen LogP contribution in [0, 0.1) is 0 Å². The molecule has 0 saturated carbocycles. The molecule has 0 spiro atoms. The molecule has 35 heavy (non-hydrogen) atoms. The first-order valence-corrected chi connectivity index (χ1v) is 13.2. The molecule has 1 N–H and O–H groups in total. The molecule has 1 aromatic heterocycles. The topological polar surface area (TPSA) is 73.8 Å². The van der Waals surface area contributed by atoms with Crippen molar-refractivity contribution in [2.24, 2.45) is 0 Å². The Bertz CT molecular complexity index is 976. The molecule has 0 bridgehead atoms. The van der Waals surface area contributed by atoms with Crippen LogP contribution in [0.3, 0.4) is 0 Å². The molecule has 1 amide bonds. The standard InChI is InChI=1S/C27H38N6O2/c1-35-24-10-8-21(9-11-24)26(34)33-17-6-7-23(20-33)32-18-13-22(19-32)29-27-28-14-12-25(30-27)31-15-4-2-3-5-16-31/h8-12,14,22-23H,2-7,13,15-20H2,1H3,(H,28,29,30). The van der Waals surface area contributed by atoms with E-state index in [-0.39, 0.29) is 5.91 Å². The fraction of sp³-hybridized carbons (Fsp3) is 0.593. The van der Waals surface area contributed by atoms with Crippen molar-refractivity contribution < 1.29 is 9.53 Å². The van der Waals surface area contributed by atoms with E-state index in [9.17, 15) is 4.79 Å². The lowest BCUT2D eigenvalue weighted by Crippen LogP contribution is -2.49. The van der Waals surface area contributed by atoms with Gasteiger partial charge in [-0.25, -0.2) is 4.98 Å². The number of carbonyl (C=O) groups is 1. The number of amides is 1. The first-order chi connectivity index (χ1) is 17.2. The molecule has 1 aromatic carbocycles. The Morgan fingerprint density at radius 3 is 2.51 bits per heavy atom. The van der Waals surface area contributed by atoms with Gasteiger partial charge in [0.15, 0.2) is 0 Å². The molecule has 3 fully saturated rings. The number of nitrogens with one attached hydrogen (secondary N) is 1. The highest BCUT2D eigenvalue weighted by molar-refractivity contribution is 5.94. The summed E-state index contributed by atoms with van der Waals surface area (Å²) < 4.78 is 5.23. The molecule has 3 aliphatic heterocycles. The molecule has 3 saturated heterocycles. The van der Waals surface area contributed by atoms with Gasteiger partial charge in [-0.05, 0) is 62.4 Å². The molecule has 2 aromatic rings. The summed E-state index contributed by atoms with van der Waals surface area (Å²) in [6, 6.07) is 10.2. The molecule has 8 heteroatoms. The molecule has 3 aliphatic rings. The number of nitrogens with zero attached hydrogens (tertiary/aromatic N) is 5. The third-order valence-electron chi connectivity index (χ3n) is 7.66. The molecule has 8 nitrogen and oxygen atoms in total. The third kappa shape index (κ3) is 5.86. The number of benzene rings is 1. The number of hydrogen-bond acceptors (Lipinski definition) is 7. The van der Waals surface area contributed by atoms with Crippen LogP contribution in [0.15, 0.2) is 36.5 Å². The van der Waals surface area contributed by atoms with Gasteiger partial charge in [-0.2, -0.15) is 4.98 Å². The van der Waals surface area contributed by atoms with Gasteiger partial charge in [0.05, 0.1) is 7.11 Å². The summed E-state index contributed by atoms with van der Waals surface area (Å²) in [5.74, 6) is 2.66. The first-order valence-electron chi connectivity index (χ1n) is 13.2. The maximum absolute atomic E-state index is 13.1. The minimum atomic E-state index is 0.116. The first kappa shape index (κ1) is 23.9. The Balaban J connectivity index is 1.16. The van der Waals surface area contributed by atoms with Crippen LogP contribution in [-0.2, 0) is 0 Å². The third-order valence-corrected chi connectivity index (χ3v) is 7.66. The number of carbonyl (C=O) groups excluding carboxylic acids is 1. The van der Waals surface area contributed by atoms with Crippen molar-refractivity contribution in [3.63, 3.8) is 0 Å². The van der Waals surface area contributed by atoms with E-state index < -0.39 is 0 Å². The molecule has 2 atom stereocenters. The second-order valence-corrected chi connectivity index (χ2v) is 10.0. The van der Waals surface area contributed by atoms with Crippen molar-refractivity contribution >= 4 is 17.7 Å². The van der Waals surface area contributed by atoms with Crippen molar-refractivity contribution in [2.75, 3.05) is 56.6 Å². The highest BCUT2D eigenvalue weighted by Gasteiger charge is 2.33. The van der Waals surface area contributed by atoms with Gasteiger partial charge in [-0.15, -0.1) is 0 Å². The Kier molecular flexibility index (Phi) is 7.66. The molecule has 5 rings (SSSR count). The Labute approximate surface area is 208 Å². The van der Waals surface area contributed by atoms with E-state index in [4.69, 9.17) is 9.72 Å². The zero-order valence-electron chi connectivity index (χ0n) is 20.9. The van der Waals surface area contributed by atoms with Crippen LogP contribution < -0.4 is 15.0 Å². The molecule has 0 radical (unpaired) electrons. The lowest BCUT2D eigenvalue weighted by atomic mass is 10.0. The molecular formula is C27H38N6O2. The highest BCUT2D eigenvalue weighted by atomic mass is 16.5. The van der Waals surface area contributed by atoms with Crippen molar-refractivity contribution in [3.05, 3.63) is 42.1 Å². The number of hydrogen-bond donors (Lipinski definition) is 1. The monoisotopic (exact) mass is 478 g/mol. The van der Waals surface area contributed by atoms with Gasteiger partial charge in [-0.3, -0.25) is 9.69 Å². The quantitative estimate of drug-likeness (QED) is 0.679. The molecule has 2 unspecified atom stereocenters. The van der Waals surface area contributed by atoms with Crippen molar-refractivity contribution in [2.45, 2.75) is 57.0 Å². The van der Waals surface area contributed by atoms with Crippen molar-refractivity contribution in [1.29, 1.82) is 0 Å². The highest BCUT2D eigenvalue weighted by Crippen LogP contribution is 2.24. The number of anilines is 2. The minimum absolute atomic E-state index is 0.116. The summed E-state index contributed by atoms with van der Waals surface area (Å²) in [6.07, 6.45) is 10.2. The summed E-state index contributed by atoms with van der Waals surface area (Å²) in [5, 5.41) is 3.59. The SMILES string of the molecule is COc1ccc(C(=O)N2CCCC(N3CCC(Nc4nccc(N5CCCCCC5)n4)C3)C2)cc1. The molecule has 4 heterocycles. The van der Waals surface area contributed by atoms with Gasteiger partial charge in [0.2, 0.25) is 5.95 Å². The van der Waals surface area contributed by atoms with Crippen LogP contribution in [-0.4, -0.2) is 84.1 Å². The van der Waals surface area contributed by atoms with E-state index in [1.165, 1.54) is 25.7 Å². The van der Waals surface area contributed by atoms with E-state index in [0.717, 1.165) is 81.6 Å². The van der Waals surface area contributed by atoms with Crippen molar-refractivity contribution in [3.8, 4) is 5.75 Å². The predicted molar refractivity (Wildman–Crippen MR) is 138 cm³/mol. The van der Waals surface area contributed by atoms with E-state index in [1.54, 1.807) is 7.11 Å². The Morgan fingerprint density at radius 1 is 0.943 bits per heavy atom. The number of likely N-dealkylation sites (tertiary alicyclic amines) is 2. The number of methoxy groups -OCH3 is 1. The Morgan fingerprint density at radius 2 is 1.74 bits per heavy atom. The normalized spacial score (nSPS) is 23.7. The summed E-state index contributed by atoms with van der Waals surface area (Å²) >= 11 is 0. The van der Waals surface area contributed by atoms with Crippen LogP contribution >= 0.6 is 0 Å². The fourth-order valence-corrected chi connectivity index (χ4v) is 5.67. The van der Waals surface area contributed by atoms with E-state index in [2.05, 4.69) is 20.1 Å². The van der Waals surface area contributed by atoms with Crippen LogP contribution in [0.5, 0.6) is 5.75 Å². The summed E-state index contributed by atoms with van der Waals surface area (Å²) in [5.41, 5.74) is 0.730. The average molecular weight is 479 g/mol. The van der Waals surface area contributed by atoms with Crippen LogP contribution in [0.4, 0.5) is 11.8 Å². The summed E-state index contributed by atoms with van der Waals surface area (Å²) in [4.78, 5) is 29.4. The zero-order chi connectivity index (χ0) is 24.0. The van der Waals surface area contributed by atoms with Gasteiger partial charge in [0.1, 0.15) is 11.6 Å². The fourth-order valence-electron chi connectivity index (χ4n) is 5.67. The minimum Gasteiger partial charge on any atom is -0.497 e. The second kappa shape index (κ2) is 11.2. The molecule has 0 aliphatic carbocycles. The maximum atomic E-state index is 13.1. The van der Waals surface area contributed by atoms with Gasteiger partial charge in [0.25, 0.3) is 5.91 Å². The Hall–Kier alpha value is -2.87. The largest absolute Gasteiger partial charge is 0.497 e. The molecule has 188 valence electrons. The number of rotatable bonds is 6. The van der Waals surface area contributed by atoms with Gasteiger partial charge in [0, 0.05) is 63.1 Å². The lowest BCUT2D eigenvalue weighted by molar-refractivity contribution is 0.0607. The summed E-state index contributed by atoms with van der Waals surface area (Å²) in [7, 11) is 1.64. The zero-order valence-corrected chi connectivity index (χ0v) is 20.9. The lowest BCUT2D eigenvalue weighted by Gasteiger charge is -2.37. The van der Waals surface area contributed by atoms with Crippen LogP contribution in [0.2, 0.25) is 0 Å². The van der Waals surface area contributed by atoms with Gasteiger partial charge < -0.3 is 19.9 Å². The summed E-state index contributed by atoms with van der Waals surface area (Å²) in [6.45, 7) is 5.79. The van der Waals surface area contributed by atoms with E-state index in [1.807, 2.05) is 41.4 Å². The van der Waals surface area contributed by atoms with Crippen molar-refractivity contribution in [1.82, 2.24) is 19.8 Å². The smallest absolute Gasteiger partial charge is 0.253 e. The van der Waals surface area contributed by atoms with E-state index >= 15 is 0 Å².